The molecule has 0 aliphatic carbocycles. The summed E-state index contributed by atoms with van der Waals surface area (Å²) in [4.78, 5) is 57.6. The average Bonchev–Trinajstić information content (AvgIpc) is 3.62. The predicted molar refractivity (Wildman–Crippen MR) is 260 cm³/mol. The summed E-state index contributed by atoms with van der Waals surface area (Å²) < 4.78 is 23.7. The summed E-state index contributed by atoms with van der Waals surface area (Å²) in [5, 5.41) is 0. The summed E-state index contributed by atoms with van der Waals surface area (Å²) in [6, 6.07) is 19.7. The number of benzene rings is 2. The standard InChI is InChI=1S/C56H84N2O8/c1-4-5-6-7-8-9-12-15-21-27-54(60)64-41-52(56(62)66-50-38-47-34-35-48(39-50)58(47)3)44-30-28-42(29-31-44)23-18-14-11-10-13-16-22-26-53(59)63-40-51(43-24-19-17-20-25-43)55(61)65-49-36-45-32-33-46(37-49)57(45)2/h17,19-20,24-25,28-31,45-52H,4-16,18,21-23,26-27,32-41H2,1-3H3/t45-,46+,47-,48+,49?,50?,51?,52?. The molecule has 4 bridgehead atoms. The molecular formula is C56H84N2O8. The van der Waals surface area contributed by atoms with Crippen molar-refractivity contribution in [2.75, 3.05) is 27.3 Å². The third-order valence-corrected chi connectivity index (χ3v) is 15.5. The zero-order valence-electron chi connectivity index (χ0n) is 41.0. The van der Waals surface area contributed by atoms with E-state index in [9.17, 15) is 19.2 Å². The second-order valence-electron chi connectivity index (χ2n) is 20.3. The van der Waals surface area contributed by atoms with Crippen molar-refractivity contribution in [3.05, 3.63) is 71.3 Å². The largest absolute Gasteiger partial charge is 0.464 e. The molecule has 4 aliphatic rings. The molecule has 0 amide bonds. The molecule has 10 nitrogen and oxygen atoms in total. The van der Waals surface area contributed by atoms with Gasteiger partial charge in [0.15, 0.2) is 0 Å². The van der Waals surface area contributed by atoms with Crippen molar-refractivity contribution in [3.63, 3.8) is 0 Å². The van der Waals surface area contributed by atoms with Gasteiger partial charge < -0.3 is 28.7 Å². The van der Waals surface area contributed by atoms with Crippen LogP contribution in [0.1, 0.15) is 202 Å². The lowest BCUT2D eigenvalue weighted by molar-refractivity contribution is -0.159. The van der Waals surface area contributed by atoms with Gasteiger partial charge >= 0.3 is 23.9 Å². The maximum Gasteiger partial charge on any atom is 0.317 e. The molecule has 4 heterocycles. The molecule has 4 unspecified atom stereocenters. The van der Waals surface area contributed by atoms with Crippen LogP contribution >= 0.6 is 0 Å². The van der Waals surface area contributed by atoms with E-state index in [0.717, 1.165) is 133 Å². The summed E-state index contributed by atoms with van der Waals surface area (Å²) in [5.74, 6) is -2.33. The Morgan fingerprint density at radius 1 is 0.500 bits per heavy atom. The summed E-state index contributed by atoms with van der Waals surface area (Å²) >= 11 is 0. The Labute approximate surface area is 397 Å². The minimum Gasteiger partial charge on any atom is -0.464 e. The fourth-order valence-electron chi connectivity index (χ4n) is 11.2. The summed E-state index contributed by atoms with van der Waals surface area (Å²) in [6.45, 7) is 2.26. The van der Waals surface area contributed by atoms with Crippen molar-refractivity contribution in [2.45, 2.75) is 228 Å². The number of carbonyl (C=O) groups excluding carboxylic acids is 4. The highest BCUT2D eigenvalue weighted by atomic mass is 16.6. The van der Waals surface area contributed by atoms with Crippen LogP contribution in [-0.2, 0) is 44.5 Å². The predicted octanol–water partition coefficient (Wildman–Crippen LogP) is 11.6. The molecule has 366 valence electrons. The van der Waals surface area contributed by atoms with Crippen LogP contribution in [0.5, 0.6) is 0 Å². The van der Waals surface area contributed by atoms with E-state index in [2.05, 4.69) is 43.0 Å². The number of rotatable bonds is 30. The van der Waals surface area contributed by atoms with E-state index in [1.54, 1.807) is 0 Å². The summed E-state index contributed by atoms with van der Waals surface area (Å²) in [5.41, 5.74) is 2.89. The molecular weight excluding hydrogens is 829 g/mol. The first-order valence-electron chi connectivity index (χ1n) is 26.5. The van der Waals surface area contributed by atoms with E-state index in [0.29, 0.717) is 37.0 Å². The first-order valence-corrected chi connectivity index (χ1v) is 26.5. The van der Waals surface area contributed by atoms with Gasteiger partial charge in [-0.15, -0.1) is 0 Å². The van der Waals surface area contributed by atoms with Crippen LogP contribution in [0.3, 0.4) is 0 Å². The Bertz CT molecular complexity index is 1730. The minimum absolute atomic E-state index is 0.00515. The number of ether oxygens (including phenoxy) is 4. The highest BCUT2D eigenvalue weighted by molar-refractivity contribution is 5.80. The second-order valence-corrected chi connectivity index (χ2v) is 20.3. The average molecular weight is 913 g/mol. The highest BCUT2D eigenvalue weighted by Crippen LogP contribution is 2.37. The zero-order chi connectivity index (χ0) is 46.5. The third-order valence-electron chi connectivity index (χ3n) is 15.5. The van der Waals surface area contributed by atoms with Crippen molar-refractivity contribution in [3.8, 4) is 0 Å². The quantitative estimate of drug-likeness (QED) is 0.0427. The Morgan fingerprint density at radius 3 is 1.30 bits per heavy atom. The van der Waals surface area contributed by atoms with Crippen LogP contribution in [0.15, 0.2) is 54.6 Å². The molecule has 4 aliphatic heterocycles. The lowest BCUT2D eigenvalue weighted by atomic mass is 9.96. The Kier molecular flexibility index (Phi) is 21.8. The summed E-state index contributed by atoms with van der Waals surface area (Å²) in [7, 11) is 4.36. The van der Waals surface area contributed by atoms with Gasteiger partial charge in [-0.05, 0) is 108 Å². The molecule has 4 fully saturated rings. The van der Waals surface area contributed by atoms with Crippen molar-refractivity contribution < 1.29 is 38.1 Å². The Morgan fingerprint density at radius 2 is 0.879 bits per heavy atom. The fourth-order valence-corrected chi connectivity index (χ4v) is 11.2. The van der Waals surface area contributed by atoms with Crippen LogP contribution < -0.4 is 0 Å². The van der Waals surface area contributed by atoms with Gasteiger partial charge in [-0.3, -0.25) is 19.2 Å². The number of esters is 4. The van der Waals surface area contributed by atoms with E-state index >= 15 is 0 Å². The maximum atomic E-state index is 13.8. The van der Waals surface area contributed by atoms with Crippen molar-refractivity contribution in [1.82, 2.24) is 9.80 Å². The molecule has 0 saturated carbocycles. The molecule has 10 heteroatoms. The topological polar surface area (TPSA) is 112 Å². The Balaban J connectivity index is 0.854. The number of piperidine rings is 2. The van der Waals surface area contributed by atoms with Crippen molar-refractivity contribution >= 4 is 23.9 Å². The van der Waals surface area contributed by atoms with Crippen LogP contribution in [-0.4, -0.2) is 97.4 Å². The number of hydrogen-bond acceptors (Lipinski definition) is 10. The van der Waals surface area contributed by atoms with Crippen LogP contribution in [0, 0.1) is 0 Å². The van der Waals surface area contributed by atoms with Gasteiger partial charge in [0.2, 0.25) is 0 Å². The van der Waals surface area contributed by atoms with Gasteiger partial charge in [-0.2, -0.15) is 0 Å². The lowest BCUT2D eigenvalue weighted by Crippen LogP contribution is -2.44. The van der Waals surface area contributed by atoms with Gasteiger partial charge in [0.05, 0.1) is 0 Å². The first-order chi connectivity index (χ1) is 32.2. The van der Waals surface area contributed by atoms with E-state index < -0.39 is 11.8 Å². The molecule has 0 spiro atoms. The Hall–Kier alpha value is -3.76. The molecule has 2 aromatic carbocycles. The number of nitrogens with zero attached hydrogens (tertiary/aromatic N) is 2. The number of fused-ring (bicyclic) bond motifs is 4. The van der Waals surface area contributed by atoms with Crippen molar-refractivity contribution in [1.29, 1.82) is 0 Å². The van der Waals surface area contributed by atoms with E-state index in [-0.39, 0.29) is 49.3 Å². The molecule has 0 N–H and O–H groups in total. The monoisotopic (exact) mass is 913 g/mol. The lowest BCUT2D eigenvalue weighted by Gasteiger charge is -2.36. The smallest absolute Gasteiger partial charge is 0.317 e. The van der Waals surface area contributed by atoms with Gasteiger partial charge in [-0.25, -0.2) is 0 Å². The molecule has 66 heavy (non-hydrogen) atoms. The molecule has 0 radical (unpaired) electrons. The van der Waals surface area contributed by atoms with Gasteiger partial charge in [0, 0.05) is 37.0 Å². The van der Waals surface area contributed by atoms with Crippen molar-refractivity contribution in [2.24, 2.45) is 0 Å². The number of aryl methyl sites for hydroxylation is 1. The molecule has 8 atom stereocenters. The SMILES string of the molecule is CCCCCCCCCCCC(=O)OCC(C(=O)OC1C[C@H]2CC[C@@H](C1)N2C)c1ccc(CCCCCCCCCC(=O)OCC(C(=O)OC2C[C@H]3CC[C@@H](C2)N3C)c2ccccc2)cc1. The molecule has 6 rings (SSSR count). The normalized spacial score (nSPS) is 23.6. The zero-order valence-corrected chi connectivity index (χ0v) is 41.0. The van der Waals surface area contributed by atoms with E-state index in [1.807, 2.05) is 42.5 Å². The first kappa shape index (κ1) is 51.6. The van der Waals surface area contributed by atoms with Crippen LogP contribution in [0.25, 0.3) is 0 Å². The van der Waals surface area contributed by atoms with Gasteiger partial charge in [0.1, 0.15) is 37.3 Å². The second kappa shape index (κ2) is 27.9. The summed E-state index contributed by atoms with van der Waals surface area (Å²) in [6.07, 6.45) is 27.6. The highest BCUT2D eigenvalue weighted by Gasteiger charge is 2.42. The number of hydrogen-bond donors (Lipinski definition) is 0. The maximum absolute atomic E-state index is 13.8. The van der Waals surface area contributed by atoms with E-state index in [1.165, 1.54) is 44.1 Å². The number of carbonyl (C=O) groups is 4. The number of unbranched alkanes of at least 4 members (excludes halogenated alkanes) is 14. The fraction of sp³-hybridized carbons (Fsp3) is 0.714. The molecule has 4 saturated heterocycles. The van der Waals surface area contributed by atoms with Gasteiger partial charge in [-0.1, -0.05) is 145 Å². The third kappa shape index (κ3) is 16.5. The van der Waals surface area contributed by atoms with Crippen LogP contribution in [0.4, 0.5) is 0 Å². The van der Waals surface area contributed by atoms with Crippen LogP contribution in [0.2, 0.25) is 0 Å². The minimum atomic E-state index is -0.635. The van der Waals surface area contributed by atoms with Gasteiger partial charge in [0.25, 0.3) is 0 Å². The van der Waals surface area contributed by atoms with E-state index in [4.69, 9.17) is 18.9 Å². The molecule has 2 aromatic rings. The molecule has 0 aromatic heterocycles.